The van der Waals surface area contributed by atoms with E-state index in [4.69, 9.17) is 32.7 Å². The highest BCUT2D eigenvalue weighted by Gasteiger charge is 2.08. The lowest BCUT2D eigenvalue weighted by Gasteiger charge is -2.13. The summed E-state index contributed by atoms with van der Waals surface area (Å²) >= 11 is 12.0. The molecule has 0 aliphatic rings. The predicted octanol–water partition coefficient (Wildman–Crippen LogP) is 5.44. The zero-order chi connectivity index (χ0) is 22.2. The highest BCUT2D eigenvalue weighted by Crippen LogP contribution is 2.30. The number of amides is 1. The van der Waals surface area contributed by atoms with E-state index in [9.17, 15) is 9.90 Å². The molecule has 0 spiro atoms. The molecule has 0 saturated carbocycles. The topological polar surface area (TPSA) is 80.2 Å². The molecule has 1 amide bonds. The van der Waals surface area contributed by atoms with E-state index in [2.05, 4.69) is 10.5 Å². The van der Waals surface area contributed by atoms with Crippen molar-refractivity contribution in [3.8, 4) is 17.2 Å². The van der Waals surface area contributed by atoms with Crippen LogP contribution in [0.4, 0.5) is 0 Å². The average Bonchev–Trinajstić information content (AvgIpc) is 2.76. The Morgan fingerprint density at radius 1 is 1.00 bits per heavy atom. The molecule has 31 heavy (non-hydrogen) atoms. The van der Waals surface area contributed by atoms with Gasteiger partial charge in [0.05, 0.1) is 22.9 Å². The second kappa shape index (κ2) is 10.7. The minimum Gasteiger partial charge on any atom is -0.508 e. The molecule has 2 N–H and O–H groups in total. The number of hydrogen-bond donors (Lipinski definition) is 2. The van der Waals surface area contributed by atoms with Gasteiger partial charge in [0.1, 0.15) is 12.4 Å². The quantitative estimate of drug-likeness (QED) is 0.347. The number of carbonyl (C=O) groups excluding carboxylic acids is 1. The fraction of sp³-hybridized carbons (Fsp3) is 0.130. The van der Waals surface area contributed by atoms with Gasteiger partial charge in [-0.1, -0.05) is 29.3 Å². The normalized spacial score (nSPS) is 10.8. The number of halogens is 2. The number of phenols is 1. The highest BCUT2D eigenvalue weighted by molar-refractivity contribution is 6.42. The van der Waals surface area contributed by atoms with Crippen LogP contribution in [0.25, 0.3) is 0 Å². The number of ether oxygens (including phenoxy) is 2. The zero-order valence-electron chi connectivity index (χ0n) is 16.6. The van der Waals surface area contributed by atoms with Crippen LogP contribution in [0.1, 0.15) is 28.4 Å². The standard InChI is InChI=1S/C23H20Cl2N2O4/c1-2-30-22-12-15(13-26-27-23(29)17-5-7-18(28)8-6-17)4-10-21(22)31-14-16-3-9-19(24)20(25)11-16/h3-13,28H,2,14H2,1H3,(H,27,29)/b26-13-. The van der Waals surface area contributed by atoms with Crippen LogP contribution >= 0.6 is 23.2 Å². The van der Waals surface area contributed by atoms with Gasteiger partial charge in [0.2, 0.25) is 0 Å². The van der Waals surface area contributed by atoms with Crippen LogP contribution in [-0.4, -0.2) is 23.8 Å². The Kier molecular flexibility index (Phi) is 7.76. The molecule has 160 valence electrons. The van der Waals surface area contributed by atoms with Crippen molar-refractivity contribution in [2.24, 2.45) is 5.10 Å². The van der Waals surface area contributed by atoms with Crippen LogP contribution < -0.4 is 14.9 Å². The van der Waals surface area contributed by atoms with Gasteiger partial charge in [-0.2, -0.15) is 5.10 Å². The van der Waals surface area contributed by atoms with Crippen LogP contribution in [0.2, 0.25) is 10.0 Å². The summed E-state index contributed by atoms with van der Waals surface area (Å²) in [4.78, 5) is 12.1. The Balaban J connectivity index is 1.66. The third-order valence-corrected chi connectivity index (χ3v) is 4.89. The first-order valence-electron chi connectivity index (χ1n) is 9.42. The summed E-state index contributed by atoms with van der Waals surface area (Å²) in [7, 11) is 0. The number of nitrogens with one attached hydrogen (secondary N) is 1. The van der Waals surface area contributed by atoms with Gasteiger partial charge in [-0.25, -0.2) is 5.43 Å². The number of carbonyl (C=O) groups is 1. The summed E-state index contributed by atoms with van der Waals surface area (Å²) in [6.45, 7) is 2.63. The van der Waals surface area contributed by atoms with Crippen molar-refractivity contribution in [2.45, 2.75) is 13.5 Å². The van der Waals surface area contributed by atoms with E-state index < -0.39 is 0 Å². The Bertz CT molecular complexity index is 1090. The Morgan fingerprint density at radius 3 is 2.48 bits per heavy atom. The Hall–Kier alpha value is -3.22. The molecule has 0 aliphatic carbocycles. The molecule has 8 heteroatoms. The maximum Gasteiger partial charge on any atom is 0.271 e. The number of phenolic OH excluding ortho intramolecular Hbond substituents is 1. The van der Waals surface area contributed by atoms with Gasteiger partial charge in [-0.15, -0.1) is 0 Å². The first-order valence-corrected chi connectivity index (χ1v) is 10.2. The number of benzene rings is 3. The van der Waals surface area contributed by atoms with Crippen LogP contribution in [0.3, 0.4) is 0 Å². The molecular weight excluding hydrogens is 439 g/mol. The Morgan fingerprint density at radius 2 is 1.77 bits per heavy atom. The number of nitrogens with zero attached hydrogens (tertiary/aromatic N) is 1. The number of aromatic hydroxyl groups is 1. The molecule has 3 aromatic carbocycles. The van der Waals surface area contributed by atoms with Gasteiger partial charge in [0.15, 0.2) is 11.5 Å². The minimum absolute atomic E-state index is 0.0879. The average molecular weight is 459 g/mol. The molecule has 0 aliphatic heterocycles. The van der Waals surface area contributed by atoms with Gasteiger partial charge >= 0.3 is 0 Å². The number of rotatable bonds is 8. The molecule has 3 rings (SSSR count). The molecular formula is C23H20Cl2N2O4. The summed E-state index contributed by atoms with van der Waals surface area (Å²) in [6, 6.07) is 16.5. The van der Waals surface area contributed by atoms with Gasteiger partial charge in [0.25, 0.3) is 5.91 Å². The largest absolute Gasteiger partial charge is 0.508 e. The lowest BCUT2D eigenvalue weighted by atomic mass is 10.2. The van der Waals surface area contributed by atoms with E-state index in [1.807, 2.05) is 13.0 Å². The van der Waals surface area contributed by atoms with Crippen molar-refractivity contribution in [1.82, 2.24) is 5.43 Å². The SMILES string of the molecule is CCOc1cc(/C=N\NC(=O)c2ccc(O)cc2)ccc1OCc1ccc(Cl)c(Cl)c1. The molecule has 0 fully saturated rings. The fourth-order valence-corrected chi connectivity index (χ4v) is 2.95. The predicted molar refractivity (Wildman–Crippen MR) is 122 cm³/mol. The minimum atomic E-state index is -0.386. The number of hydrogen-bond acceptors (Lipinski definition) is 5. The Labute approximate surface area is 190 Å². The third-order valence-electron chi connectivity index (χ3n) is 4.16. The summed E-state index contributed by atoms with van der Waals surface area (Å²) in [5, 5.41) is 14.2. The lowest BCUT2D eigenvalue weighted by Crippen LogP contribution is -2.17. The van der Waals surface area contributed by atoms with E-state index in [1.165, 1.54) is 30.5 Å². The molecule has 0 atom stereocenters. The number of hydrazone groups is 1. The first kappa shape index (κ1) is 22.5. The van der Waals surface area contributed by atoms with Crippen molar-refractivity contribution >= 4 is 35.3 Å². The van der Waals surface area contributed by atoms with E-state index >= 15 is 0 Å². The van der Waals surface area contributed by atoms with Gasteiger partial charge in [0, 0.05) is 5.56 Å². The first-order chi connectivity index (χ1) is 15.0. The second-order valence-corrected chi connectivity index (χ2v) is 7.24. The molecule has 3 aromatic rings. The van der Waals surface area contributed by atoms with Crippen molar-refractivity contribution in [3.63, 3.8) is 0 Å². The smallest absolute Gasteiger partial charge is 0.271 e. The van der Waals surface area contributed by atoms with Crippen molar-refractivity contribution in [3.05, 3.63) is 87.4 Å². The maximum atomic E-state index is 12.1. The maximum absolute atomic E-state index is 12.1. The van der Waals surface area contributed by atoms with E-state index in [0.717, 1.165) is 11.1 Å². The lowest BCUT2D eigenvalue weighted by molar-refractivity contribution is 0.0955. The molecule has 0 unspecified atom stereocenters. The molecule has 6 nitrogen and oxygen atoms in total. The molecule has 0 saturated heterocycles. The molecule has 0 bridgehead atoms. The fourth-order valence-electron chi connectivity index (χ4n) is 2.63. The molecule has 0 heterocycles. The second-order valence-electron chi connectivity index (χ2n) is 6.42. The van der Waals surface area contributed by atoms with E-state index in [-0.39, 0.29) is 11.7 Å². The zero-order valence-corrected chi connectivity index (χ0v) is 18.2. The summed E-state index contributed by atoms with van der Waals surface area (Å²) in [5.41, 5.74) is 4.42. The van der Waals surface area contributed by atoms with E-state index in [0.29, 0.717) is 40.3 Å². The summed E-state index contributed by atoms with van der Waals surface area (Å²) in [6.07, 6.45) is 1.50. The van der Waals surface area contributed by atoms with E-state index in [1.54, 1.807) is 30.3 Å². The van der Waals surface area contributed by atoms with Crippen LogP contribution in [0.5, 0.6) is 17.2 Å². The van der Waals surface area contributed by atoms with Gasteiger partial charge in [-0.3, -0.25) is 4.79 Å². The van der Waals surface area contributed by atoms with Crippen molar-refractivity contribution < 1.29 is 19.4 Å². The van der Waals surface area contributed by atoms with Crippen LogP contribution in [0.15, 0.2) is 65.8 Å². The molecule has 0 radical (unpaired) electrons. The summed E-state index contributed by atoms with van der Waals surface area (Å²) < 4.78 is 11.5. The molecule has 0 aromatic heterocycles. The van der Waals surface area contributed by atoms with Gasteiger partial charge < -0.3 is 14.6 Å². The monoisotopic (exact) mass is 458 g/mol. The highest BCUT2D eigenvalue weighted by atomic mass is 35.5. The van der Waals surface area contributed by atoms with Gasteiger partial charge in [-0.05, 0) is 72.6 Å². The summed E-state index contributed by atoms with van der Waals surface area (Å²) in [5.74, 6) is 0.822. The van der Waals surface area contributed by atoms with Crippen molar-refractivity contribution in [1.29, 1.82) is 0 Å². The van der Waals surface area contributed by atoms with Crippen LogP contribution in [0, 0.1) is 0 Å². The van der Waals surface area contributed by atoms with Crippen molar-refractivity contribution in [2.75, 3.05) is 6.61 Å². The van der Waals surface area contributed by atoms with Crippen LogP contribution in [-0.2, 0) is 6.61 Å². The third kappa shape index (κ3) is 6.38.